The Hall–Kier alpha value is -1.26. The molecule has 70 valence electrons. The molecule has 0 unspecified atom stereocenters. The van der Waals surface area contributed by atoms with Gasteiger partial charge in [-0.05, 0) is 6.42 Å². The van der Waals surface area contributed by atoms with E-state index in [-0.39, 0.29) is 6.54 Å². The highest BCUT2D eigenvalue weighted by Gasteiger charge is 2.10. The molecule has 12 heavy (non-hydrogen) atoms. The average Bonchev–Trinajstić information content (AvgIpc) is 1.98. The maximum atomic E-state index is 10.9. The summed E-state index contributed by atoms with van der Waals surface area (Å²) in [5.41, 5.74) is 4.87. The zero-order chi connectivity index (χ0) is 9.56. The van der Waals surface area contributed by atoms with Crippen LogP contribution in [-0.2, 0) is 9.53 Å². The van der Waals surface area contributed by atoms with Crippen LogP contribution in [-0.4, -0.2) is 37.1 Å². The van der Waals surface area contributed by atoms with Crippen LogP contribution in [0.5, 0.6) is 0 Å². The van der Waals surface area contributed by atoms with Crippen molar-refractivity contribution in [2.45, 2.75) is 13.3 Å². The Balaban J connectivity index is 3.69. The third-order valence-electron chi connectivity index (χ3n) is 1.13. The molecule has 0 aromatic rings. The topological polar surface area (TPSA) is 72.6 Å². The van der Waals surface area contributed by atoms with E-state index < -0.39 is 12.0 Å². The minimum absolute atomic E-state index is 0.109. The van der Waals surface area contributed by atoms with Gasteiger partial charge in [0, 0.05) is 7.05 Å². The molecule has 5 nitrogen and oxygen atoms in total. The fraction of sp³-hybridized carbons (Fsp3) is 0.714. The molecule has 0 radical (unpaired) electrons. The number of hydrogen-bond donors (Lipinski definition) is 1. The van der Waals surface area contributed by atoms with E-state index in [1.807, 2.05) is 6.92 Å². The average molecular weight is 174 g/mol. The SMILES string of the molecule is CCCOC(=O)N(C)CC(N)=O. The van der Waals surface area contributed by atoms with Crippen molar-refractivity contribution in [2.24, 2.45) is 5.73 Å². The molecule has 0 saturated carbocycles. The van der Waals surface area contributed by atoms with Gasteiger partial charge >= 0.3 is 6.09 Å². The Bertz CT molecular complexity index is 170. The third kappa shape index (κ3) is 4.54. The molecule has 0 aromatic carbocycles. The standard InChI is InChI=1S/C7H14N2O3/c1-3-4-12-7(11)9(2)5-6(8)10/h3-5H2,1-2H3,(H2,8,10). The summed E-state index contributed by atoms with van der Waals surface area (Å²) >= 11 is 0. The van der Waals surface area contributed by atoms with Gasteiger partial charge in [-0.1, -0.05) is 6.92 Å². The van der Waals surface area contributed by atoms with Crippen LogP contribution in [0.2, 0.25) is 0 Å². The number of hydrogen-bond acceptors (Lipinski definition) is 3. The molecule has 5 heteroatoms. The summed E-state index contributed by atoms with van der Waals surface area (Å²) in [6.45, 7) is 2.14. The van der Waals surface area contributed by atoms with Crippen molar-refractivity contribution in [1.29, 1.82) is 0 Å². The largest absolute Gasteiger partial charge is 0.449 e. The summed E-state index contributed by atoms with van der Waals surface area (Å²) in [5.74, 6) is -0.550. The minimum Gasteiger partial charge on any atom is -0.449 e. The first-order valence-electron chi connectivity index (χ1n) is 3.74. The van der Waals surface area contributed by atoms with Crippen LogP contribution in [0.4, 0.5) is 4.79 Å². The lowest BCUT2D eigenvalue weighted by Crippen LogP contribution is -2.35. The highest BCUT2D eigenvalue weighted by atomic mass is 16.6. The van der Waals surface area contributed by atoms with E-state index in [0.717, 1.165) is 11.3 Å². The van der Waals surface area contributed by atoms with E-state index in [0.29, 0.717) is 6.61 Å². The zero-order valence-corrected chi connectivity index (χ0v) is 7.37. The van der Waals surface area contributed by atoms with Crippen molar-refractivity contribution >= 4 is 12.0 Å². The van der Waals surface area contributed by atoms with Gasteiger partial charge in [0.25, 0.3) is 0 Å². The van der Waals surface area contributed by atoms with Crippen molar-refractivity contribution in [3.63, 3.8) is 0 Å². The molecule has 0 fully saturated rings. The second kappa shape index (κ2) is 5.40. The summed E-state index contributed by atoms with van der Waals surface area (Å²) in [4.78, 5) is 22.4. The lowest BCUT2D eigenvalue weighted by molar-refractivity contribution is -0.118. The lowest BCUT2D eigenvalue weighted by Gasteiger charge is -2.14. The number of nitrogens with two attached hydrogens (primary N) is 1. The van der Waals surface area contributed by atoms with E-state index in [1.54, 1.807) is 0 Å². The van der Waals surface area contributed by atoms with E-state index in [4.69, 9.17) is 10.5 Å². The lowest BCUT2D eigenvalue weighted by atomic mass is 10.5. The van der Waals surface area contributed by atoms with Gasteiger partial charge < -0.3 is 15.4 Å². The van der Waals surface area contributed by atoms with E-state index >= 15 is 0 Å². The van der Waals surface area contributed by atoms with Crippen LogP contribution in [0.25, 0.3) is 0 Å². The van der Waals surface area contributed by atoms with Crippen molar-refractivity contribution in [3.05, 3.63) is 0 Å². The second-order valence-corrected chi connectivity index (χ2v) is 2.44. The van der Waals surface area contributed by atoms with Crippen molar-refractivity contribution in [3.8, 4) is 0 Å². The first kappa shape index (κ1) is 10.7. The van der Waals surface area contributed by atoms with Gasteiger partial charge in [-0.2, -0.15) is 0 Å². The molecule has 0 heterocycles. The number of amides is 2. The number of carbonyl (C=O) groups excluding carboxylic acids is 2. The van der Waals surface area contributed by atoms with Crippen LogP contribution in [0, 0.1) is 0 Å². The van der Waals surface area contributed by atoms with E-state index in [2.05, 4.69) is 0 Å². The number of primary amides is 1. The molecule has 0 atom stereocenters. The number of ether oxygens (including phenoxy) is 1. The van der Waals surface area contributed by atoms with Crippen molar-refractivity contribution in [1.82, 2.24) is 4.90 Å². The molecular weight excluding hydrogens is 160 g/mol. The molecule has 0 bridgehead atoms. The second-order valence-electron chi connectivity index (χ2n) is 2.44. The van der Waals surface area contributed by atoms with Crippen molar-refractivity contribution < 1.29 is 14.3 Å². The first-order chi connectivity index (χ1) is 5.57. The van der Waals surface area contributed by atoms with Gasteiger partial charge in [-0.15, -0.1) is 0 Å². The summed E-state index contributed by atoms with van der Waals surface area (Å²) in [6, 6.07) is 0. The van der Waals surface area contributed by atoms with E-state index in [1.165, 1.54) is 7.05 Å². The van der Waals surface area contributed by atoms with Gasteiger partial charge in [0.05, 0.1) is 6.61 Å². The highest BCUT2D eigenvalue weighted by Crippen LogP contribution is 1.90. The highest BCUT2D eigenvalue weighted by molar-refractivity contribution is 5.80. The normalized spacial score (nSPS) is 9.17. The van der Waals surface area contributed by atoms with E-state index in [9.17, 15) is 9.59 Å². The molecule has 0 aromatic heterocycles. The number of carbonyl (C=O) groups is 2. The predicted octanol–water partition coefficient (Wildman–Crippen LogP) is -0.0499. The minimum atomic E-state index is -0.550. The maximum Gasteiger partial charge on any atom is 0.409 e. The Labute approximate surface area is 71.5 Å². The molecule has 0 rings (SSSR count). The molecule has 0 saturated heterocycles. The van der Waals surface area contributed by atoms with Crippen LogP contribution >= 0.6 is 0 Å². The molecule has 2 N–H and O–H groups in total. The predicted molar refractivity (Wildman–Crippen MR) is 43.5 cm³/mol. The van der Waals surface area contributed by atoms with Gasteiger partial charge in [0.1, 0.15) is 6.54 Å². The summed E-state index contributed by atoms with van der Waals surface area (Å²) in [6.07, 6.45) is 0.242. The first-order valence-corrected chi connectivity index (χ1v) is 3.74. The molecule has 0 aliphatic rings. The zero-order valence-electron chi connectivity index (χ0n) is 7.37. The monoisotopic (exact) mass is 174 g/mol. The summed E-state index contributed by atoms with van der Waals surface area (Å²) < 4.78 is 4.73. The Morgan fingerprint density at radius 3 is 2.50 bits per heavy atom. The van der Waals surface area contributed by atoms with Gasteiger partial charge in [0.15, 0.2) is 0 Å². The molecule has 2 amide bonds. The van der Waals surface area contributed by atoms with Crippen LogP contribution in [0.3, 0.4) is 0 Å². The molecular formula is C7H14N2O3. The van der Waals surface area contributed by atoms with Crippen LogP contribution in [0.15, 0.2) is 0 Å². The maximum absolute atomic E-state index is 10.9. The van der Waals surface area contributed by atoms with Crippen molar-refractivity contribution in [2.75, 3.05) is 20.2 Å². The quantitative estimate of drug-likeness (QED) is 0.649. The summed E-state index contributed by atoms with van der Waals surface area (Å²) in [7, 11) is 1.46. The smallest absolute Gasteiger partial charge is 0.409 e. The van der Waals surface area contributed by atoms with Gasteiger partial charge in [0.2, 0.25) is 5.91 Å². The number of nitrogens with zero attached hydrogens (tertiary/aromatic N) is 1. The third-order valence-corrected chi connectivity index (χ3v) is 1.13. The Kier molecular flexibility index (Phi) is 4.83. The van der Waals surface area contributed by atoms with Crippen LogP contribution < -0.4 is 5.73 Å². The van der Waals surface area contributed by atoms with Gasteiger partial charge in [-0.25, -0.2) is 4.79 Å². The molecule has 0 aliphatic carbocycles. The van der Waals surface area contributed by atoms with Crippen LogP contribution in [0.1, 0.15) is 13.3 Å². The van der Waals surface area contributed by atoms with Gasteiger partial charge in [-0.3, -0.25) is 4.79 Å². The number of rotatable bonds is 4. The Morgan fingerprint density at radius 1 is 1.50 bits per heavy atom. The number of likely N-dealkylation sites (N-methyl/N-ethyl adjacent to an activating group) is 1. The fourth-order valence-corrected chi connectivity index (χ4v) is 0.598. The summed E-state index contributed by atoms with van der Waals surface area (Å²) in [5, 5.41) is 0. The molecule has 0 spiro atoms. The molecule has 0 aliphatic heterocycles. The Morgan fingerprint density at radius 2 is 2.08 bits per heavy atom. The fourth-order valence-electron chi connectivity index (χ4n) is 0.598.